The Morgan fingerprint density at radius 2 is 1.84 bits per heavy atom. The Hall–Kier alpha value is -2.33. The third kappa shape index (κ3) is 5.07. The van der Waals surface area contributed by atoms with Crippen molar-refractivity contribution in [1.82, 2.24) is 10.6 Å². The molecule has 1 saturated heterocycles. The average Bonchev–Trinajstić information content (AvgIpc) is 3.08. The van der Waals surface area contributed by atoms with Crippen LogP contribution in [-0.2, 0) is 17.8 Å². The van der Waals surface area contributed by atoms with Crippen molar-refractivity contribution in [2.24, 2.45) is 11.8 Å². The lowest BCUT2D eigenvalue weighted by atomic mass is 9.97. The number of hydrogen-bond donors (Lipinski definition) is 2. The first-order valence-corrected chi connectivity index (χ1v) is 8.96. The van der Waals surface area contributed by atoms with E-state index in [0.29, 0.717) is 19.1 Å². The molecule has 0 radical (unpaired) electrons. The molecule has 2 N–H and O–H groups in total. The Morgan fingerprint density at radius 3 is 2.52 bits per heavy atom. The van der Waals surface area contributed by atoms with Crippen molar-refractivity contribution in [1.29, 1.82) is 0 Å². The lowest BCUT2D eigenvalue weighted by Crippen LogP contribution is -2.35. The molecule has 0 aromatic heterocycles. The zero-order valence-electron chi connectivity index (χ0n) is 14.7. The lowest BCUT2D eigenvalue weighted by molar-refractivity contribution is -0.125. The van der Waals surface area contributed by atoms with E-state index >= 15 is 0 Å². The van der Waals surface area contributed by atoms with Gasteiger partial charge in [0.2, 0.25) is 5.91 Å². The van der Waals surface area contributed by atoms with Crippen molar-refractivity contribution in [2.45, 2.75) is 20.0 Å². The number of carbonyl (C=O) groups is 1. The molecular weight excluding hydrogens is 312 g/mol. The fourth-order valence-corrected chi connectivity index (χ4v) is 3.12. The van der Waals surface area contributed by atoms with E-state index in [2.05, 4.69) is 41.8 Å². The fourth-order valence-electron chi connectivity index (χ4n) is 3.12. The molecule has 0 saturated carbocycles. The van der Waals surface area contributed by atoms with Crippen molar-refractivity contribution < 1.29 is 9.53 Å². The smallest absolute Gasteiger partial charge is 0.224 e. The largest absolute Gasteiger partial charge is 0.489 e. The van der Waals surface area contributed by atoms with Gasteiger partial charge in [0.05, 0.1) is 5.92 Å². The van der Waals surface area contributed by atoms with E-state index in [1.54, 1.807) is 0 Å². The molecule has 0 unspecified atom stereocenters. The first-order chi connectivity index (χ1) is 12.2. The summed E-state index contributed by atoms with van der Waals surface area (Å²) in [4.78, 5) is 12.1. The topological polar surface area (TPSA) is 50.4 Å². The third-order valence-electron chi connectivity index (χ3n) is 4.74. The highest BCUT2D eigenvalue weighted by Crippen LogP contribution is 2.16. The Bertz CT molecular complexity index is 670. The number of benzene rings is 2. The number of carbonyl (C=O) groups excluding carboxylic acids is 1. The van der Waals surface area contributed by atoms with Gasteiger partial charge >= 0.3 is 0 Å². The van der Waals surface area contributed by atoms with Gasteiger partial charge in [0.15, 0.2) is 0 Å². The predicted molar refractivity (Wildman–Crippen MR) is 99.5 cm³/mol. The molecule has 1 fully saturated rings. The summed E-state index contributed by atoms with van der Waals surface area (Å²) in [5.41, 5.74) is 2.36. The summed E-state index contributed by atoms with van der Waals surface area (Å²) >= 11 is 0. The summed E-state index contributed by atoms with van der Waals surface area (Å²) in [6, 6.07) is 18.2. The van der Waals surface area contributed by atoms with Crippen LogP contribution in [0.3, 0.4) is 0 Å². The zero-order valence-corrected chi connectivity index (χ0v) is 14.7. The molecule has 0 bridgehead atoms. The van der Waals surface area contributed by atoms with Gasteiger partial charge in [-0.1, -0.05) is 49.4 Å². The highest BCUT2D eigenvalue weighted by Gasteiger charge is 2.28. The van der Waals surface area contributed by atoms with E-state index in [0.717, 1.165) is 30.8 Å². The van der Waals surface area contributed by atoms with Crippen LogP contribution < -0.4 is 15.4 Å². The van der Waals surface area contributed by atoms with Crippen LogP contribution in [0, 0.1) is 11.8 Å². The molecule has 1 aliphatic rings. The van der Waals surface area contributed by atoms with E-state index in [1.165, 1.54) is 5.56 Å². The second-order valence-corrected chi connectivity index (χ2v) is 6.70. The van der Waals surface area contributed by atoms with Gasteiger partial charge in [-0.25, -0.2) is 0 Å². The maximum atomic E-state index is 12.1. The molecule has 4 nitrogen and oxygen atoms in total. The minimum atomic E-state index is 0.105. The van der Waals surface area contributed by atoms with Gasteiger partial charge in [-0.2, -0.15) is 0 Å². The summed E-state index contributed by atoms with van der Waals surface area (Å²) in [5, 5.41) is 6.32. The summed E-state index contributed by atoms with van der Waals surface area (Å²) in [6.07, 6.45) is 0.833. The number of nitrogens with one attached hydrogen (secondary N) is 2. The Kier molecular flexibility index (Phi) is 6.07. The van der Waals surface area contributed by atoms with Crippen LogP contribution in [0.15, 0.2) is 54.6 Å². The van der Waals surface area contributed by atoms with Crippen LogP contribution in [0.25, 0.3) is 0 Å². The molecule has 0 aliphatic carbocycles. The number of rotatable bonds is 7. The molecule has 2 aromatic rings. The van der Waals surface area contributed by atoms with Gasteiger partial charge in [-0.3, -0.25) is 4.79 Å². The van der Waals surface area contributed by atoms with Gasteiger partial charge in [-0.15, -0.1) is 0 Å². The molecule has 3 rings (SSSR count). The van der Waals surface area contributed by atoms with Gasteiger partial charge in [0.1, 0.15) is 12.4 Å². The molecule has 0 spiro atoms. The van der Waals surface area contributed by atoms with E-state index in [1.807, 2.05) is 30.3 Å². The van der Waals surface area contributed by atoms with E-state index < -0.39 is 0 Å². The lowest BCUT2D eigenvalue weighted by Gasteiger charge is -2.14. The predicted octanol–water partition coefficient (Wildman–Crippen LogP) is 2.78. The zero-order chi connectivity index (χ0) is 17.5. The van der Waals surface area contributed by atoms with E-state index in [4.69, 9.17) is 4.74 Å². The first kappa shape index (κ1) is 17.5. The SMILES string of the molecule is C[C@@H]1CNC[C@H]1C(=O)NCCc1ccc(OCc2ccccc2)cc1. The van der Waals surface area contributed by atoms with Crippen molar-refractivity contribution >= 4 is 5.91 Å². The van der Waals surface area contributed by atoms with Gasteiger partial charge in [-0.05, 0) is 42.1 Å². The second kappa shape index (κ2) is 8.67. The molecule has 1 aliphatic heterocycles. The summed E-state index contributed by atoms with van der Waals surface area (Å²) in [5.74, 6) is 1.55. The van der Waals surface area contributed by atoms with Gasteiger partial charge in [0, 0.05) is 13.1 Å². The maximum Gasteiger partial charge on any atom is 0.224 e. The first-order valence-electron chi connectivity index (χ1n) is 8.96. The molecule has 2 atom stereocenters. The van der Waals surface area contributed by atoms with Gasteiger partial charge < -0.3 is 15.4 Å². The van der Waals surface area contributed by atoms with Crippen LogP contribution in [0.2, 0.25) is 0 Å². The maximum absolute atomic E-state index is 12.1. The normalized spacial score (nSPS) is 19.6. The summed E-state index contributed by atoms with van der Waals surface area (Å²) in [7, 11) is 0. The minimum Gasteiger partial charge on any atom is -0.489 e. The minimum absolute atomic E-state index is 0.105. The third-order valence-corrected chi connectivity index (χ3v) is 4.74. The van der Waals surface area contributed by atoms with Crippen LogP contribution in [0.4, 0.5) is 0 Å². The highest BCUT2D eigenvalue weighted by atomic mass is 16.5. The molecule has 1 heterocycles. The highest BCUT2D eigenvalue weighted by molar-refractivity contribution is 5.79. The monoisotopic (exact) mass is 338 g/mol. The van der Waals surface area contributed by atoms with Crippen molar-refractivity contribution in [3.05, 3.63) is 65.7 Å². The second-order valence-electron chi connectivity index (χ2n) is 6.70. The van der Waals surface area contributed by atoms with Crippen LogP contribution in [0.1, 0.15) is 18.1 Å². The van der Waals surface area contributed by atoms with Crippen LogP contribution in [0.5, 0.6) is 5.75 Å². The molecule has 132 valence electrons. The molecule has 2 aromatic carbocycles. The molecule has 1 amide bonds. The van der Waals surface area contributed by atoms with Crippen LogP contribution >= 0.6 is 0 Å². The van der Waals surface area contributed by atoms with E-state index in [9.17, 15) is 4.79 Å². The Balaban J connectivity index is 1.41. The van der Waals surface area contributed by atoms with Crippen molar-refractivity contribution in [3.8, 4) is 5.75 Å². The Morgan fingerprint density at radius 1 is 1.08 bits per heavy atom. The van der Waals surface area contributed by atoms with Crippen molar-refractivity contribution in [2.75, 3.05) is 19.6 Å². The van der Waals surface area contributed by atoms with E-state index in [-0.39, 0.29) is 11.8 Å². The fraction of sp³-hybridized carbons (Fsp3) is 0.381. The van der Waals surface area contributed by atoms with Crippen molar-refractivity contribution in [3.63, 3.8) is 0 Å². The van der Waals surface area contributed by atoms with Crippen LogP contribution in [-0.4, -0.2) is 25.5 Å². The summed E-state index contributed by atoms with van der Waals surface area (Å²) < 4.78 is 5.79. The quantitative estimate of drug-likeness (QED) is 0.816. The number of hydrogen-bond acceptors (Lipinski definition) is 3. The standard InChI is InChI=1S/C21H26N2O2/c1-16-13-22-14-20(16)21(24)23-12-11-17-7-9-19(10-8-17)25-15-18-5-3-2-4-6-18/h2-10,16,20,22H,11-15H2,1H3,(H,23,24)/t16-,20-/m1/s1. The molecule has 4 heteroatoms. The van der Waals surface area contributed by atoms with Gasteiger partial charge in [0.25, 0.3) is 0 Å². The average molecular weight is 338 g/mol. The molecular formula is C21H26N2O2. The number of amides is 1. The number of ether oxygens (including phenoxy) is 1. The molecule has 25 heavy (non-hydrogen) atoms. The summed E-state index contributed by atoms with van der Waals surface area (Å²) in [6.45, 7) is 5.09. The Labute approximate surface area is 149 Å².